The molecule has 0 unspecified atom stereocenters. The van der Waals surface area contributed by atoms with E-state index in [0.29, 0.717) is 22.3 Å². The van der Waals surface area contributed by atoms with Crippen molar-refractivity contribution in [3.8, 4) is 17.2 Å². The fourth-order valence-corrected chi connectivity index (χ4v) is 6.37. The van der Waals surface area contributed by atoms with Crippen molar-refractivity contribution in [2.75, 3.05) is 20.8 Å². The van der Waals surface area contributed by atoms with Gasteiger partial charge in [0.05, 0.1) is 32.5 Å². The second kappa shape index (κ2) is 10.3. The lowest BCUT2D eigenvalue weighted by molar-refractivity contribution is -0.142. The van der Waals surface area contributed by atoms with E-state index in [2.05, 4.69) is 0 Å². The third-order valence-corrected chi connectivity index (χ3v) is 8.23. The molecule has 1 fully saturated rings. The molecule has 10 nitrogen and oxygen atoms in total. The van der Waals surface area contributed by atoms with Gasteiger partial charge in [0.2, 0.25) is 17.6 Å². The van der Waals surface area contributed by atoms with Gasteiger partial charge in [0.1, 0.15) is 0 Å². The van der Waals surface area contributed by atoms with Crippen LogP contribution in [0.15, 0.2) is 52.7 Å². The second-order valence-electron chi connectivity index (χ2n) is 10.4. The molecule has 5 rings (SSSR count). The highest BCUT2D eigenvalue weighted by molar-refractivity contribution is 6.23. The molecular weight excluding hydrogens is 518 g/mol. The Bertz CT molecular complexity index is 1450. The predicted molar refractivity (Wildman–Crippen MR) is 141 cm³/mol. The number of hydrogen-bond acceptors (Lipinski definition) is 8. The molecule has 2 amide bonds. The fourth-order valence-electron chi connectivity index (χ4n) is 6.37. The van der Waals surface area contributed by atoms with Crippen LogP contribution in [0, 0.1) is 23.7 Å². The molecule has 1 aromatic rings. The molecule has 3 aliphatic carbocycles. The number of ketones is 2. The summed E-state index contributed by atoms with van der Waals surface area (Å²) in [5, 5.41) is 19.4. The highest BCUT2D eigenvalue weighted by Gasteiger charge is 2.55. The number of ether oxygens (including phenoxy) is 2. The van der Waals surface area contributed by atoms with E-state index in [-0.39, 0.29) is 54.6 Å². The number of fused-ring (bicyclic) bond motifs is 3. The van der Waals surface area contributed by atoms with E-state index in [0.717, 1.165) is 10.5 Å². The Balaban J connectivity index is 1.57. The molecule has 1 aliphatic heterocycles. The number of carbonyl (C=O) groups is 5. The zero-order valence-corrected chi connectivity index (χ0v) is 22.3. The number of allylic oxidation sites excluding steroid dienone is 7. The summed E-state index contributed by atoms with van der Waals surface area (Å²) in [6.07, 6.45) is 6.81. The number of likely N-dealkylation sites (tertiary alicyclic amines) is 1. The normalized spacial score (nSPS) is 25.9. The first kappa shape index (κ1) is 27.1. The van der Waals surface area contributed by atoms with Gasteiger partial charge in [-0.25, -0.2) is 0 Å². The Morgan fingerprint density at radius 2 is 1.75 bits per heavy atom. The van der Waals surface area contributed by atoms with E-state index in [9.17, 15) is 29.1 Å². The molecular formula is C30H29NO9. The number of benzene rings is 1. The van der Waals surface area contributed by atoms with Crippen LogP contribution in [0.5, 0.6) is 17.2 Å². The van der Waals surface area contributed by atoms with Gasteiger partial charge in [-0.15, -0.1) is 0 Å². The number of aromatic hydroxyl groups is 1. The average Bonchev–Trinajstić information content (AvgIpc) is 3.18. The number of imide groups is 1. The zero-order valence-electron chi connectivity index (χ0n) is 22.3. The summed E-state index contributed by atoms with van der Waals surface area (Å²) in [6, 6.07) is 3.21. The number of rotatable bonds is 7. The summed E-state index contributed by atoms with van der Waals surface area (Å²) in [5.41, 5.74) is 2.40. The number of carboxylic acid groups (broad SMARTS) is 1. The summed E-state index contributed by atoms with van der Waals surface area (Å²) in [6.45, 7) is 1.37. The van der Waals surface area contributed by atoms with Crippen molar-refractivity contribution in [2.45, 2.75) is 26.2 Å². The van der Waals surface area contributed by atoms with Crippen LogP contribution in [0.4, 0.5) is 0 Å². The molecule has 1 heterocycles. The molecule has 1 saturated heterocycles. The number of Topliss-reactive ketones (excluding diaryl/α,β-unsaturated/α-hetero) is 1. The number of hydrogen-bond donors (Lipinski definition) is 2. The van der Waals surface area contributed by atoms with Gasteiger partial charge in [0.25, 0.3) is 0 Å². The standard InChI is InChI=1S/C30H29NO9/c1-14-10-21(32)25-17(5-4-15-11-22(39-2)28(36)23(12-15)40-3)16-6-7-18-26(19(16)13-20(25)27(14)35)30(38)31(29(18)37)9-8-24(33)34/h4-6,10-12,17-19,26,36H,7-9,13H2,1-3H3,(H,33,34)/t17-,18-,19+,26-/m0/s1. The lowest BCUT2D eigenvalue weighted by Gasteiger charge is -2.41. The van der Waals surface area contributed by atoms with Gasteiger partial charge in [0, 0.05) is 29.2 Å². The number of nitrogens with zero attached hydrogens (tertiary/aromatic N) is 1. The van der Waals surface area contributed by atoms with Gasteiger partial charge in [-0.3, -0.25) is 28.9 Å². The quantitative estimate of drug-likeness (QED) is 0.299. The molecule has 0 aromatic heterocycles. The number of carboxylic acids is 1. The number of phenols is 1. The van der Waals surface area contributed by atoms with Crippen LogP contribution in [-0.2, 0) is 24.0 Å². The van der Waals surface area contributed by atoms with E-state index >= 15 is 0 Å². The Labute approximate surface area is 230 Å². The lowest BCUT2D eigenvalue weighted by atomic mass is 9.60. The molecule has 2 N–H and O–H groups in total. The van der Waals surface area contributed by atoms with Crippen LogP contribution >= 0.6 is 0 Å². The lowest BCUT2D eigenvalue weighted by Crippen LogP contribution is -2.40. The van der Waals surface area contributed by atoms with Gasteiger partial charge in [0.15, 0.2) is 23.1 Å². The molecule has 4 aliphatic rings. The van der Waals surface area contributed by atoms with E-state index in [4.69, 9.17) is 14.6 Å². The van der Waals surface area contributed by atoms with Crippen LogP contribution in [0.25, 0.3) is 6.08 Å². The van der Waals surface area contributed by atoms with Crippen molar-refractivity contribution in [3.05, 3.63) is 58.2 Å². The van der Waals surface area contributed by atoms with Gasteiger partial charge >= 0.3 is 5.97 Å². The molecule has 0 bridgehead atoms. The minimum atomic E-state index is -1.11. The van der Waals surface area contributed by atoms with Crippen LogP contribution in [0.3, 0.4) is 0 Å². The van der Waals surface area contributed by atoms with Crippen molar-refractivity contribution in [2.24, 2.45) is 23.7 Å². The fraction of sp³-hybridized carbons (Fsp3) is 0.367. The third-order valence-electron chi connectivity index (χ3n) is 8.23. The first-order valence-electron chi connectivity index (χ1n) is 13.0. The molecule has 208 valence electrons. The number of phenolic OH excluding ortho intramolecular Hbond substituents is 1. The molecule has 10 heteroatoms. The van der Waals surface area contributed by atoms with E-state index in [1.165, 1.54) is 20.3 Å². The van der Waals surface area contributed by atoms with Gasteiger partial charge in [-0.1, -0.05) is 23.8 Å². The maximum atomic E-state index is 13.5. The molecule has 0 radical (unpaired) electrons. The summed E-state index contributed by atoms with van der Waals surface area (Å²) >= 11 is 0. The van der Waals surface area contributed by atoms with Crippen LogP contribution < -0.4 is 9.47 Å². The maximum Gasteiger partial charge on any atom is 0.305 e. The van der Waals surface area contributed by atoms with Crippen LogP contribution in [0.1, 0.15) is 31.7 Å². The molecule has 4 atom stereocenters. The highest BCUT2D eigenvalue weighted by atomic mass is 16.5. The molecule has 0 saturated carbocycles. The molecule has 0 spiro atoms. The Kier molecular flexibility index (Phi) is 6.95. The first-order valence-corrected chi connectivity index (χ1v) is 13.0. The first-order chi connectivity index (χ1) is 19.1. The van der Waals surface area contributed by atoms with Gasteiger partial charge < -0.3 is 19.7 Å². The van der Waals surface area contributed by atoms with Crippen molar-refractivity contribution >= 4 is 35.4 Å². The number of carbonyl (C=O) groups excluding carboxylic acids is 4. The average molecular weight is 548 g/mol. The monoisotopic (exact) mass is 547 g/mol. The van der Waals surface area contributed by atoms with Crippen molar-refractivity contribution < 1.29 is 43.7 Å². The van der Waals surface area contributed by atoms with Crippen LogP contribution in [-0.4, -0.2) is 65.2 Å². The third kappa shape index (κ3) is 4.33. The smallest absolute Gasteiger partial charge is 0.305 e. The predicted octanol–water partition coefficient (Wildman–Crippen LogP) is 2.86. The maximum absolute atomic E-state index is 13.5. The van der Waals surface area contributed by atoms with Gasteiger partial charge in [-0.05, 0) is 49.5 Å². The summed E-state index contributed by atoms with van der Waals surface area (Å²) in [7, 11) is 2.82. The number of methoxy groups -OCH3 is 2. The zero-order chi connectivity index (χ0) is 28.9. The Morgan fingerprint density at radius 3 is 2.38 bits per heavy atom. The van der Waals surface area contributed by atoms with E-state index in [1.807, 2.05) is 6.08 Å². The summed E-state index contributed by atoms with van der Waals surface area (Å²) in [5.74, 6) is -4.76. The summed E-state index contributed by atoms with van der Waals surface area (Å²) in [4.78, 5) is 65.3. The van der Waals surface area contributed by atoms with Gasteiger partial charge in [-0.2, -0.15) is 0 Å². The Morgan fingerprint density at radius 1 is 1.07 bits per heavy atom. The SMILES string of the molecule is COc1cc(C=C[C@H]2C3=CC[C@@H]4C(=O)N(CCC(=O)O)C(=O)[C@@H]4[C@@H]3CC3=C2C(=O)C=C(C)C3=O)cc(OC)c1O. The Hall–Kier alpha value is -4.47. The second-order valence-corrected chi connectivity index (χ2v) is 10.4. The van der Waals surface area contributed by atoms with Crippen molar-refractivity contribution in [1.29, 1.82) is 0 Å². The summed E-state index contributed by atoms with van der Waals surface area (Å²) < 4.78 is 10.5. The topological polar surface area (TPSA) is 148 Å². The largest absolute Gasteiger partial charge is 0.502 e. The molecule has 1 aromatic carbocycles. The van der Waals surface area contributed by atoms with E-state index in [1.54, 1.807) is 31.2 Å². The van der Waals surface area contributed by atoms with Crippen molar-refractivity contribution in [1.82, 2.24) is 4.90 Å². The molecule has 40 heavy (non-hydrogen) atoms. The highest BCUT2D eigenvalue weighted by Crippen LogP contribution is 2.52. The van der Waals surface area contributed by atoms with E-state index < -0.39 is 41.5 Å². The van der Waals surface area contributed by atoms with Crippen LogP contribution in [0.2, 0.25) is 0 Å². The minimum Gasteiger partial charge on any atom is -0.502 e. The minimum absolute atomic E-state index is 0.148. The number of amides is 2. The number of aliphatic carboxylic acids is 1. The van der Waals surface area contributed by atoms with Crippen molar-refractivity contribution in [3.63, 3.8) is 0 Å².